The van der Waals surface area contributed by atoms with Crippen molar-refractivity contribution in [1.82, 2.24) is 4.72 Å². The van der Waals surface area contributed by atoms with Crippen molar-refractivity contribution in [2.75, 3.05) is 6.54 Å². The van der Waals surface area contributed by atoms with Crippen molar-refractivity contribution in [3.63, 3.8) is 0 Å². The van der Waals surface area contributed by atoms with E-state index >= 15 is 0 Å². The summed E-state index contributed by atoms with van der Waals surface area (Å²) in [5.74, 6) is -1.93. The van der Waals surface area contributed by atoms with Crippen molar-refractivity contribution in [2.45, 2.75) is 18.6 Å². The summed E-state index contributed by atoms with van der Waals surface area (Å²) in [6.45, 7) is 0.0452. The standard InChI is InChI=1S/C11H13ClFNO4S/c12-9-6-8(3-4-10(9)13)7-19(17,18)14-5-1-2-11(15)16/h3-4,6,14H,1-2,5,7H2,(H,15,16). The van der Waals surface area contributed by atoms with Crippen molar-refractivity contribution >= 4 is 27.6 Å². The molecule has 1 rings (SSSR count). The predicted molar refractivity (Wildman–Crippen MR) is 68.9 cm³/mol. The zero-order chi connectivity index (χ0) is 14.5. The molecule has 0 saturated carbocycles. The van der Waals surface area contributed by atoms with Gasteiger partial charge < -0.3 is 5.11 Å². The summed E-state index contributed by atoms with van der Waals surface area (Å²) in [5, 5.41) is 8.27. The zero-order valence-electron chi connectivity index (χ0n) is 9.90. The Balaban J connectivity index is 2.54. The van der Waals surface area contributed by atoms with Crippen LogP contribution in [0.3, 0.4) is 0 Å². The molecule has 0 heterocycles. The van der Waals surface area contributed by atoms with Gasteiger partial charge in [-0.3, -0.25) is 4.79 Å². The van der Waals surface area contributed by atoms with Crippen LogP contribution >= 0.6 is 11.6 Å². The number of aliphatic carboxylic acids is 1. The SMILES string of the molecule is O=C(O)CCCNS(=O)(=O)Cc1ccc(F)c(Cl)c1. The second-order valence-electron chi connectivity index (χ2n) is 3.90. The quantitative estimate of drug-likeness (QED) is 0.752. The Labute approximate surface area is 115 Å². The Morgan fingerprint density at radius 1 is 1.42 bits per heavy atom. The summed E-state index contributed by atoms with van der Waals surface area (Å²) in [7, 11) is -3.59. The highest BCUT2D eigenvalue weighted by molar-refractivity contribution is 7.88. The topological polar surface area (TPSA) is 83.5 Å². The van der Waals surface area contributed by atoms with Crippen molar-refractivity contribution in [1.29, 1.82) is 0 Å². The summed E-state index contributed by atoms with van der Waals surface area (Å²) >= 11 is 5.55. The molecule has 0 aliphatic rings. The number of hydrogen-bond donors (Lipinski definition) is 2. The van der Waals surface area contributed by atoms with Gasteiger partial charge in [0.15, 0.2) is 0 Å². The number of carboxylic acids is 1. The van der Waals surface area contributed by atoms with E-state index in [0.29, 0.717) is 5.56 Å². The third-order valence-corrected chi connectivity index (χ3v) is 3.88. The van der Waals surface area contributed by atoms with Crippen LogP contribution < -0.4 is 4.72 Å². The van der Waals surface area contributed by atoms with Crippen LogP contribution in [-0.2, 0) is 20.6 Å². The zero-order valence-corrected chi connectivity index (χ0v) is 11.5. The molecule has 106 valence electrons. The van der Waals surface area contributed by atoms with Crippen LogP contribution in [-0.4, -0.2) is 26.0 Å². The summed E-state index contributed by atoms with van der Waals surface area (Å²) in [5.41, 5.74) is 0.358. The van der Waals surface area contributed by atoms with Gasteiger partial charge in [-0.1, -0.05) is 17.7 Å². The van der Waals surface area contributed by atoms with Crippen LogP contribution in [0.4, 0.5) is 4.39 Å². The minimum Gasteiger partial charge on any atom is -0.481 e. The lowest BCUT2D eigenvalue weighted by molar-refractivity contribution is -0.137. The summed E-state index contributed by atoms with van der Waals surface area (Å²) < 4.78 is 38.5. The second kappa shape index (κ2) is 6.83. The first-order chi connectivity index (χ1) is 8.80. The van der Waals surface area contributed by atoms with Crippen molar-refractivity contribution in [3.8, 4) is 0 Å². The number of halogens is 2. The largest absolute Gasteiger partial charge is 0.481 e. The van der Waals surface area contributed by atoms with E-state index in [-0.39, 0.29) is 30.2 Å². The van der Waals surface area contributed by atoms with Crippen LogP contribution in [0.25, 0.3) is 0 Å². The molecule has 0 saturated heterocycles. The monoisotopic (exact) mass is 309 g/mol. The van der Waals surface area contributed by atoms with Crippen LogP contribution in [0.1, 0.15) is 18.4 Å². The van der Waals surface area contributed by atoms with Crippen molar-refractivity contribution in [2.24, 2.45) is 0 Å². The fourth-order valence-corrected chi connectivity index (χ4v) is 2.75. The van der Waals surface area contributed by atoms with Crippen LogP contribution in [0.2, 0.25) is 5.02 Å². The fraction of sp³-hybridized carbons (Fsp3) is 0.364. The molecule has 8 heteroatoms. The maximum Gasteiger partial charge on any atom is 0.303 e. The summed E-state index contributed by atoms with van der Waals surface area (Å²) in [6, 6.07) is 3.67. The Kier molecular flexibility index (Phi) is 5.71. The third-order valence-electron chi connectivity index (χ3n) is 2.23. The molecule has 0 aliphatic heterocycles. The maximum absolute atomic E-state index is 12.9. The lowest BCUT2D eigenvalue weighted by Crippen LogP contribution is -2.26. The Morgan fingerprint density at radius 2 is 2.11 bits per heavy atom. The van der Waals surface area contributed by atoms with Crippen LogP contribution in [0.5, 0.6) is 0 Å². The number of rotatable bonds is 7. The number of carboxylic acid groups (broad SMARTS) is 1. The normalized spacial score (nSPS) is 11.5. The van der Waals surface area contributed by atoms with Gasteiger partial charge in [-0.05, 0) is 24.1 Å². The molecule has 0 aliphatic carbocycles. The Morgan fingerprint density at radius 3 is 2.68 bits per heavy atom. The van der Waals surface area contributed by atoms with Gasteiger partial charge in [-0.25, -0.2) is 17.5 Å². The lowest BCUT2D eigenvalue weighted by Gasteiger charge is -2.06. The van der Waals surface area contributed by atoms with Gasteiger partial charge in [0.2, 0.25) is 10.0 Å². The van der Waals surface area contributed by atoms with E-state index in [4.69, 9.17) is 16.7 Å². The van der Waals surface area contributed by atoms with Gasteiger partial charge in [-0.2, -0.15) is 0 Å². The van der Waals surface area contributed by atoms with Crippen molar-refractivity contribution < 1.29 is 22.7 Å². The molecule has 0 spiro atoms. The van der Waals surface area contributed by atoms with E-state index in [2.05, 4.69) is 4.72 Å². The van der Waals surface area contributed by atoms with E-state index in [1.165, 1.54) is 12.1 Å². The van der Waals surface area contributed by atoms with Gasteiger partial charge in [0.1, 0.15) is 5.82 Å². The van der Waals surface area contributed by atoms with E-state index in [9.17, 15) is 17.6 Å². The first-order valence-electron chi connectivity index (χ1n) is 5.43. The highest BCUT2D eigenvalue weighted by Gasteiger charge is 2.12. The molecule has 0 fully saturated rings. The Hall–Kier alpha value is -1.18. The molecule has 1 aromatic rings. The molecule has 1 aromatic carbocycles. The van der Waals surface area contributed by atoms with E-state index in [1.54, 1.807) is 0 Å². The highest BCUT2D eigenvalue weighted by atomic mass is 35.5. The number of nitrogens with one attached hydrogen (secondary N) is 1. The van der Waals surface area contributed by atoms with Gasteiger partial charge in [0.05, 0.1) is 10.8 Å². The maximum atomic E-state index is 12.9. The number of benzene rings is 1. The van der Waals surface area contributed by atoms with Gasteiger partial charge in [0, 0.05) is 13.0 Å². The molecule has 0 bridgehead atoms. The average Bonchev–Trinajstić information content (AvgIpc) is 2.29. The first-order valence-corrected chi connectivity index (χ1v) is 7.46. The molecule has 0 unspecified atom stereocenters. The number of carbonyl (C=O) groups is 1. The molecule has 2 N–H and O–H groups in total. The van der Waals surface area contributed by atoms with Crippen LogP contribution in [0.15, 0.2) is 18.2 Å². The average molecular weight is 310 g/mol. The highest BCUT2D eigenvalue weighted by Crippen LogP contribution is 2.17. The van der Waals surface area contributed by atoms with Gasteiger partial charge in [0.25, 0.3) is 0 Å². The molecular formula is C11H13ClFNO4S. The van der Waals surface area contributed by atoms with E-state index < -0.39 is 21.8 Å². The molecule has 0 amide bonds. The molecule has 5 nitrogen and oxygen atoms in total. The summed E-state index contributed by atoms with van der Waals surface area (Å²) in [4.78, 5) is 10.3. The molecular weight excluding hydrogens is 297 g/mol. The van der Waals surface area contributed by atoms with E-state index in [0.717, 1.165) is 6.07 Å². The minimum absolute atomic E-state index is 0.0452. The third kappa shape index (κ3) is 6.00. The van der Waals surface area contributed by atoms with Gasteiger partial charge >= 0.3 is 5.97 Å². The first kappa shape index (κ1) is 15.9. The molecule has 0 radical (unpaired) electrons. The number of hydrogen-bond acceptors (Lipinski definition) is 3. The Bertz CT molecular complexity index is 562. The fourth-order valence-electron chi connectivity index (χ4n) is 1.37. The predicted octanol–water partition coefficient (Wildman–Crippen LogP) is 1.76. The summed E-state index contributed by atoms with van der Waals surface area (Å²) in [6.07, 6.45) is 0.101. The van der Waals surface area contributed by atoms with Crippen molar-refractivity contribution in [3.05, 3.63) is 34.6 Å². The van der Waals surface area contributed by atoms with Gasteiger partial charge in [-0.15, -0.1) is 0 Å². The smallest absolute Gasteiger partial charge is 0.303 e. The van der Waals surface area contributed by atoms with E-state index in [1.807, 2.05) is 0 Å². The second-order valence-corrected chi connectivity index (χ2v) is 6.11. The number of sulfonamides is 1. The minimum atomic E-state index is -3.59. The van der Waals surface area contributed by atoms with Crippen LogP contribution in [0, 0.1) is 5.82 Å². The lowest BCUT2D eigenvalue weighted by atomic mass is 10.2. The molecule has 0 atom stereocenters. The molecule has 19 heavy (non-hydrogen) atoms. The molecule has 0 aromatic heterocycles.